The summed E-state index contributed by atoms with van der Waals surface area (Å²) in [6.07, 6.45) is 0.121. The summed E-state index contributed by atoms with van der Waals surface area (Å²) in [5.74, 6) is -1.16. The third-order valence-electron chi connectivity index (χ3n) is 8.09. The Morgan fingerprint density at radius 3 is 2.31 bits per heavy atom. The van der Waals surface area contributed by atoms with Crippen molar-refractivity contribution >= 4 is 35.0 Å². The van der Waals surface area contributed by atoms with Crippen LogP contribution in [0.15, 0.2) is 9.80 Å². The number of rotatable bonds is 5. The van der Waals surface area contributed by atoms with Crippen molar-refractivity contribution in [3.8, 4) is 0 Å². The average Bonchev–Trinajstić information content (AvgIpc) is 3.67. The molecule has 0 aliphatic carbocycles. The van der Waals surface area contributed by atoms with Gasteiger partial charge in [-0.1, -0.05) is 27.7 Å². The highest BCUT2D eigenvalue weighted by atomic mass is 32.1. The quantitative estimate of drug-likeness (QED) is 0.381. The number of thiazole rings is 1. The van der Waals surface area contributed by atoms with E-state index in [9.17, 15) is 19.2 Å². The maximum atomic E-state index is 13.6. The molecule has 45 heavy (non-hydrogen) atoms. The molecule has 0 unspecified atom stereocenters. The molecule has 14 heteroatoms. The van der Waals surface area contributed by atoms with Gasteiger partial charge in [0.15, 0.2) is 5.69 Å². The fraction of sp³-hybridized carbons (Fsp3) is 0.581. The van der Waals surface area contributed by atoms with Gasteiger partial charge in [0.2, 0.25) is 17.7 Å². The Morgan fingerprint density at radius 1 is 1.00 bits per heavy atom. The second kappa shape index (κ2) is 13.9. The molecule has 4 bridgehead atoms. The molecular formula is C31H44N8O5S. The van der Waals surface area contributed by atoms with Gasteiger partial charge in [0.05, 0.1) is 18.3 Å². The number of carbonyl (C=O) groups excluding carboxylic acids is 4. The van der Waals surface area contributed by atoms with Crippen molar-refractivity contribution in [2.24, 2.45) is 11.8 Å². The van der Waals surface area contributed by atoms with Crippen LogP contribution in [0, 0.1) is 39.5 Å². The first-order chi connectivity index (χ1) is 21.2. The highest BCUT2D eigenvalue weighted by Gasteiger charge is 2.31. The predicted octanol–water partition coefficient (Wildman–Crippen LogP) is 3.55. The monoisotopic (exact) mass is 640 g/mol. The summed E-state index contributed by atoms with van der Waals surface area (Å²) < 4.78 is 7.68. The van der Waals surface area contributed by atoms with E-state index < -0.39 is 29.9 Å². The number of nitrogens with one attached hydrogen (secondary N) is 3. The minimum atomic E-state index is -0.612. The van der Waals surface area contributed by atoms with E-state index in [0.29, 0.717) is 17.3 Å². The van der Waals surface area contributed by atoms with E-state index in [1.165, 1.54) is 16.2 Å². The maximum Gasteiger partial charge on any atom is 0.273 e. The highest BCUT2D eigenvalue weighted by molar-refractivity contribution is 7.09. The topological polar surface area (TPSA) is 164 Å². The van der Waals surface area contributed by atoms with Crippen LogP contribution in [0.3, 0.4) is 0 Å². The molecule has 4 rings (SSSR count). The Balaban J connectivity index is 1.66. The second-order valence-electron chi connectivity index (χ2n) is 12.4. The van der Waals surface area contributed by atoms with Crippen molar-refractivity contribution < 1.29 is 23.6 Å². The molecule has 0 spiro atoms. The van der Waals surface area contributed by atoms with Crippen LogP contribution >= 0.6 is 11.3 Å². The molecule has 3 N–H and O–H groups in total. The van der Waals surface area contributed by atoms with E-state index in [-0.39, 0.29) is 60.4 Å². The van der Waals surface area contributed by atoms with Gasteiger partial charge >= 0.3 is 0 Å². The molecule has 4 heterocycles. The first kappa shape index (κ1) is 33.8. The van der Waals surface area contributed by atoms with Crippen LogP contribution in [-0.4, -0.2) is 67.4 Å². The van der Waals surface area contributed by atoms with Gasteiger partial charge in [-0.2, -0.15) is 5.10 Å². The van der Waals surface area contributed by atoms with Gasteiger partial charge in [-0.25, -0.2) is 9.97 Å². The number of hydrogen-bond donors (Lipinski definition) is 3. The first-order valence-corrected chi connectivity index (χ1v) is 16.2. The first-order valence-electron chi connectivity index (χ1n) is 15.3. The molecule has 0 aromatic carbocycles. The Bertz CT molecular complexity index is 1570. The molecule has 1 aliphatic rings. The number of nitrogens with zero attached hydrogens (tertiary/aromatic N) is 5. The average molecular weight is 641 g/mol. The Hall–Kier alpha value is -4.07. The molecular weight excluding hydrogens is 596 g/mol. The van der Waals surface area contributed by atoms with E-state index in [4.69, 9.17) is 4.42 Å². The molecule has 0 saturated heterocycles. The number of aryl methyl sites for hydroxylation is 3. The summed E-state index contributed by atoms with van der Waals surface area (Å²) in [5, 5.41) is 15.6. The van der Waals surface area contributed by atoms with Crippen molar-refractivity contribution in [2.45, 2.75) is 93.4 Å². The summed E-state index contributed by atoms with van der Waals surface area (Å²) in [6.45, 7) is 17.2. The molecule has 0 saturated carbocycles. The number of oxazole rings is 1. The van der Waals surface area contributed by atoms with E-state index >= 15 is 0 Å². The van der Waals surface area contributed by atoms with Gasteiger partial charge in [-0.05, 0) is 52.0 Å². The smallest absolute Gasteiger partial charge is 0.273 e. The zero-order valence-corrected chi connectivity index (χ0v) is 28.3. The fourth-order valence-corrected chi connectivity index (χ4v) is 6.24. The van der Waals surface area contributed by atoms with Crippen LogP contribution in [0.4, 0.5) is 0 Å². The third-order valence-corrected chi connectivity index (χ3v) is 9.02. The normalized spacial score (nSPS) is 20.1. The van der Waals surface area contributed by atoms with E-state index in [0.717, 1.165) is 17.0 Å². The molecule has 3 aromatic rings. The summed E-state index contributed by atoms with van der Waals surface area (Å²) in [4.78, 5) is 64.1. The number of carbonyl (C=O) groups is 4. The molecule has 0 fully saturated rings. The minimum absolute atomic E-state index is 0.0460. The van der Waals surface area contributed by atoms with Gasteiger partial charge in [-0.3, -0.25) is 23.9 Å². The predicted molar refractivity (Wildman–Crippen MR) is 169 cm³/mol. The standard InChI is InChI=1S/C31H44N8O5S/c1-15(2)25-30-36-27(21(9)44-30)29(43)32-17(5)12-38(24(41)10-11-39-20(8)18(6)19(7)37-39)13-23(40)34-26(16(3)4)31-33-22(14-45-31)28(42)35-25/h14-17,25-26H,10-13H2,1-9H3,(H,32,43)(H,34,40)(H,35,42)/t17-,25-,26+/m1/s1. The van der Waals surface area contributed by atoms with Crippen molar-refractivity contribution in [1.29, 1.82) is 0 Å². The van der Waals surface area contributed by atoms with Gasteiger partial charge in [-0.15, -0.1) is 11.3 Å². The van der Waals surface area contributed by atoms with Crippen molar-refractivity contribution in [3.63, 3.8) is 0 Å². The van der Waals surface area contributed by atoms with E-state index in [1.807, 2.05) is 48.5 Å². The Morgan fingerprint density at radius 2 is 1.69 bits per heavy atom. The summed E-state index contributed by atoms with van der Waals surface area (Å²) >= 11 is 1.28. The lowest BCUT2D eigenvalue weighted by Gasteiger charge is -2.28. The zero-order chi connectivity index (χ0) is 33.2. The van der Waals surface area contributed by atoms with Crippen LogP contribution in [-0.2, 0) is 16.1 Å². The van der Waals surface area contributed by atoms with Gasteiger partial charge in [0.25, 0.3) is 11.8 Å². The zero-order valence-electron chi connectivity index (χ0n) is 27.5. The summed E-state index contributed by atoms with van der Waals surface area (Å²) in [5.41, 5.74) is 3.25. The number of amides is 4. The SMILES string of the molecule is Cc1nn(CCC(=O)N2CC(=O)N[C@@H](C(C)C)c3nc(cs3)C(=O)N[C@H](C(C)C)c3nc(c(C)o3)C(=O)N[C@H](C)C2)c(C)c1C. The van der Waals surface area contributed by atoms with Crippen LogP contribution in [0.2, 0.25) is 0 Å². The molecule has 1 aliphatic heterocycles. The Labute approximate surface area is 267 Å². The lowest BCUT2D eigenvalue weighted by molar-refractivity contribution is -0.136. The van der Waals surface area contributed by atoms with Crippen LogP contribution in [0.1, 0.15) is 108 Å². The maximum absolute atomic E-state index is 13.6. The van der Waals surface area contributed by atoms with Crippen molar-refractivity contribution in [2.75, 3.05) is 13.1 Å². The van der Waals surface area contributed by atoms with Crippen molar-refractivity contribution in [1.82, 2.24) is 40.6 Å². The highest BCUT2D eigenvalue weighted by Crippen LogP contribution is 2.27. The molecule has 3 aromatic heterocycles. The largest absolute Gasteiger partial charge is 0.443 e. The lowest BCUT2D eigenvalue weighted by Crippen LogP contribution is -2.49. The number of aromatic nitrogens is 4. The molecule has 244 valence electrons. The summed E-state index contributed by atoms with van der Waals surface area (Å²) in [6, 6.07) is -1.61. The molecule has 0 radical (unpaired) electrons. The van der Waals surface area contributed by atoms with Gasteiger partial charge in [0, 0.05) is 36.6 Å². The molecule has 3 atom stereocenters. The Kier molecular flexibility index (Phi) is 10.5. The van der Waals surface area contributed by atoms with Crippen LogP contribution in [0.5, 0.6) is 0 Å². The van der Waals surface area contributed by atoms with Gasteiger partial charge in [0.1, 0.15) is 22.5 Å². The fourth-order valence-electron chi connectivity index (χ4n) is 5.22. The minimum Gasteiger partial charge on any atom is -0.443 e. The van der Waals surface area contributed by atoms with E-state index in [1.54, 1.807) is 23.9 Å². The summed E-state index contributed by atoms with van der Waals surface area (Å²) in [7, 11) is 0. The third kappa shape index (κ3) is 7.78. The molecule has 13 nitrogen and oxygen atoms in total. The number of hydrogen-bond acceptors (Lipinski definition) is 9. The number of fused-ring (bicyclic) bond motifs is 4. The second-order valence-corrected chi connectivity index (χ2v) is 13.3. The van der Waals surface area contributed by atoms with Gasteiger partial charge < -0.3 is 25.3 Å². The van der Waals surface area contributed by atoms with Crippen LogP contribution in [0.25, 0.3) is 0 Å². The lowest BCUT2D eigenvalue weighted by atomic mass is 10.0. The van der Waals surface area contributed by atoms with Crippen molar-refractivity contribution in [3.05, 3.63) is 50.4 Å². The van der Waals surface area contributed by atoms with E-state index in [2.05, 4.69) is 31.0 Å². The van der Waals surface area contributed by atoms with Crippen LogP contribution < -0.4 is 16.0 Å². The molecule has 4 amide bonds.